The molecule has 0 bridgehead atoms. The number of carbonyl (C=O) groups is 2. The number of rotatable bonds is 8. The minimum atomic E-state index is -0.272. The third kappa shape index (κ3) is 11.0. The highest BCUT2D eigenvalue weighted by Crippen LogP contribution is 2.01. The van der Waals surface area contributed by atoms with Crippen molar-refractivity contribution in [3.8, 4) is 0 Å². The summed E-state index contributed by atoms with van der Waals surface area (Å²) in [5.41, 5.74) is 1.11. The fraction of sp³-hybridized carbons (Fsp3) is 0.692. The van der Waals surface area contributed by atoms with Crippen molar-refractivity contribution in [2.75, 3.05) is 13.2 Å². The van der Waals surface area contributed by atoms with E-state index in [4.69, 9.17) is 9.47 Å². The molecule has 0 unspecified atom stereocenters. The molecule has 17 heavy (non-hydrogen) atoms. The summed E-state index contributed by atoms with van der Waals surface area (Å²) in [5.74, 6) is -0.519. The molecule has 0 atom stereocenters. The van der Waals surface area contributed by atoms with Gasteiger partial charge >= 0.3 is 11.9 Å². The minimum Gasteiger partial charge on any atom is -0.466 e. The van der Waals surface area contributed by atoms with Crippen LogP contribution in [0, 0.1) is 0 Å². The van der Waals surface area contributed by atoms with Gasteiger partial charge in [-0.15, -0.1) is 0 Å². The van der Waals surface area contributed by atoms with Gasteiger partial charge in [-0.2, -0.15) is 0 Å². The number of esters is 2. The molecular weight excluding hydrogens is 220 g/mol. The van der Waals surface area contributed by atoms with Gasteiger partial charge in [-0.25, -0.2) is 0 Å². The first-order valence-electron chi connectivity index (χ1n) is 6.00. The van der Waals surface area contributed by atoms with Gasteiger partial charge in [0, 0.05) is 12.8 Å². The predicted molar refractivity (Wildman–Crippen MR) is 65.5 cm³/mol. The van der Waals surface area contributed by atoms with Gasteiger partial charge in [0.05, 0.1) is 6.61 Å². The second-order valence-corrected chi connectivity index (χ2v) is 4.04. The first-order chi connectivity index (χ1) is 8.06. The molecule has 0 aliphatic carbocycles. The van der Waals surface area contributed by atoms with E-state index in [0.29, 0.717) is 19.6 Å². The van der Waals surface area contributed by atoms with Crippen LogP contribution in [0.15, 0.2) is 11.6 Å². The van der Waals surface area contributed by atoms with Crippen LogP contribution in [0.5, 0.6) is 0 Å². The molecule has 0 aromatic carbocycles. The van der Waals surface area contributed by atoms with E-state index in [2.05, 4.69) is 0 Å². The maximum absolute atomic E-state index is 11.2. The molecule has 0 aromatic heterocycles. The highest BCUT2D eigenvalue weighted by Gasteiger charge is 2.06. The van der Waals surface area contributed by atoms with Crippen LogP contribution in [0.4, 0.5) is 0 Å². The summed E-state index contributed by atoms with van der Waals surface area (Å²) in [6.45, 7) is 6.58. The molecule has 0 aliphatic rings. The van der Waals surface area contributed by atoms with E-state index in [-0.39, 0.29) is 24.8 Å². The van der Waals surface area contributed by atoms with Crippen LogP contribution < -0.4 is 0 Å². The maximum Gasteiger partial charge on any atom is 0.306 e. The lowest BCUT2D eigenvalue weighted by atomic mass is 10.2. The fourth-order valence-corrected chi connectivity index (χ4v) is 1.04. The van der Waals surface area contributed by atoms with Crippen molar-refractivity contribution in [3.05, 3.63) is 11.6 Å². The molecule has 0 saturated carbocycles. The quantitative estimate of drug-likeness (QED) is 0.485. The highest BCUT2D eigenvalue weighted by atomic mass is 16.5. The van der Waals surface area contributed by atoms with Crippen molar-refractivity contribution >= 4 is 11.9 Å². The SMILES string of the molecule is CCCOC(=O)CCCC(=O)OCC=C(C)C. The van der Waals surface area contributed by atoms with E-state index in [9.17, 15) is 9.59 Å². The lowest BCUT2D eigenvalue weighted by Gasteiger charge is -2.03. The summed E-state index contributed by atoms with van der Waals surface area (Å²) in [4.78, 5) is 22.3. The van der Waals surface area contributed by atoms with E-state index in [1.54, 1.807) is 0 Å². The monoisotopic (exact) mass is 242 g/mol. The summed E-state index contributed by atoms with van der Waals surface area (Å²) in [6.07, 6.45) is 3.68. The molecule has 0 aromatic rings. The number of hydrogen-bond acceptors (Lipinski definition) is 4. The molecular formula is C13H22O4. The lowest BCUT2D eigenvalue weighted by Crippen LogP contribution is -2.08. The first-order valence-corrected chi connectivity index (χ1v) is 6.00. The molecule has 4 nitrogen and oxygen atoms in total. The van der Waals surface area contributed by atoms with Crippen LogP contribution in [0.1, 0.15) is 46.5 Å². The van der Waals surface area contributed by atoms with Crippen LogP contribution in [0.25, 0.3) is 0 Å². The number of hydrogen-bond donors (Lipinski definition) is 0. The van der Waals surface area contributed by atoms with Crippen molar-refractivity contribution in [2.45, 2.75) is 46.5 Å². The van der Waals surface area contributed by atoms with Gasteiger partial charge in [0.2, 0.25) is 0 Å². The van der Waals surface area contributed by atoms with E-state index >= 15 is 0 Å². The molecule has 0 spiro atoms. The molecule has 0 saturated heterocycles. The van der Waals surface area contributed by atoms with Crippen LogP contribution in [-0.4, -0.2) is 25.2 Å². The third-order valence-electron chi connectivity index (χ3n) is 1.96. The van der Waals surface area contributed by atoms with Crippen LogP contribution in [-0.2, 0) is 19.1 Å². The topological polar surface area (TPSA) is 52.6 Å². The first kappa shape index (κ1) is 15.7. The van der Waals surface area contributed by atoms with Crippen molar-refractivity contribution < 1.29 is 19.1 Å². The Morgan fingerprint density at radius 3 is 2.18 bits per heavy atom. The van der Waals surface area contributed by atoms with Crippen molar-refractivity contribution in [2.24, 2.45) is 0 Å². The summed E-state index contributed by atoms with van der Waals surface area (Å²) >= 11 is 0. The Morgan fingerprint density at radius 1 is 1.06 bits per heavy atom. The second kappa shape index (κ2) is 9.87. The molecule has 0 radical (unpaired) electrons. The Labute approximate surface area is 103 Å². The van der Waals surface area contributed by atoms with Gasteiger partial charge in [0.1, 0.15) is 6.61 Å². The van der Waals surface area contributed by atoms with Gasteiger partial charge in [-0.3, -0.25) is 9.59 Å². The summed E-state index contributed by atoms with van der Waals surface area (Å²) < 4.78 is 9.83. The average Bonchev–Trinajstić information content (AvgIpc) is 2.25. The largest absolute Gasteiger partial charge is 0.466 e. The fourth-order valence-electron chi connectivity index (χ4n) is 1.04. The molecule has 0 heterocycles. The van der Waals surface area contributed by atoms with Gasteiger partial charge in [-0.05, 0) is 32.8 Å². The third-order valence-corrected chi connectivity index (χ3v) is 1.96. The molecule has 0 aliphatic heterocycles. The Morgan fingerprint density at radius 2 is 1.65 bits per heavy atom. The normalized spacial score (nSPS) is 9.59. The predicted octanol–water partition coefficient (Wildman–Crippen LogP) is 2.62. The second-order valence-electron chi connectivity index (χ2n) is 4.04. The molecule has 0 amide bonds. The van der Waals surface area contributed by atoms with Crippen LogP contribution in [0.3, 0.4) is 0 Å². The zero-order chi connectivity index (χ0) is 13.1. The van der Waals surface area contributed by atoms with Gasteiger partial charge in [0.25, 0.3) is 0 Å². The summed E-state index contributed by atoms with van der Waals surface area (Å²) in [7, 11) is 0. The van der Waals surface area contributed by atoms with Crippen LogP contribution in [0.2, 0.25) is 0 Å². The number of allylic oxidation sites excluding steroid dienone is 1. The maximum atomic E-state index is 11.2. The van der Waals surface area contributed by atoms with E-state index in [1.807, 2.05) is 26.8 Å². The summed E-state index contributed by atoms with van der Waals surface area (Å²) in [5, 5.41) is 0. The van der Waals surface area contributed by atoms with Crippen molar-refractivity contribution in [1.82, 2.24) is 0 Å². The Hall–Kier alpha value is -1.32. The summed E-state index contributed by atoms with van der Waals surface area (Å²) in [6, 6.07) is 0. The smallest absolute Gasteiger partial charge is 0.306 e. The Balaban J connectivity index is 3.51. The number of carbonyl (C=O) groups excluding carboxylic acids is 2. The zero-order valence-corrected chi connectivity index (χ0v) is 11.0. The lowest BCUT2D eigenvalue weighted by molar-refractivity contribution is -0.144. The highest BCUT2D eigenvalue weighted by molar-refractivity contribution is 5.72. The van der Waals surface area contributed by atoms with Crippen LogP contribution >= 0.6 is 0 Å². The molecule has 4 heteroatoms. The molecule has 0 N–H and O–H groups in total. The van der Waals surface area contributed by atoms with E-state index in [1.165, 1.54) is 0 Å². The Bertz CT molecular complexity index is 265. The average molecular weight is 242 g/mol. The molecule has 0 fully saturated rings. The van der Waals surface area contributed by atoms with Gasteiger partial charge in [0.15, 0.2) is 0 Å². The Kier molecular flexibility index (Phi) is 9.11. The minimum absolute atomic E-state index is 0.246. The molecule has 0 rings (SSSR count). The van der Waals surface area contributed by atoms with E-state index < -0.39 is 0 Å². The zero-order valence-electron chi connectivity index (χ0n) is 11.0. The number of ether oxygens (including phenoxy) is 2. The van der Waals surface area contributed by atoms with Crippen molar-refractivity contribution in [3.63, 3.8) is 0 Å². The standard InChI is InChI=1S/C13H22O4/c1-4-9-16-12(14)6-5-7-13(15)17-10-8-11(2)3/h8H,4-7,9-10H2,1-3H3. The van der Waals surface area contributed by atoms with Gasteiger partial charge in [-0.1, -0.05) is 12.5 Å². The van der Waals surface area contributed by atoms with Crippen molar-refractivity contribution in [1.29, 1.82) is 0 Å². The van der Waals surface area contributed by atoms with E-state index in [0.717, 1.165) is 12.0 Å². The van der Waals surface area contributed by atoms with Gasteiger partial charge < -0.3 is 9.47 Å². The molecule has 98 valence electrons.